The van der Waals surface area contributed by atoms with Gasteiger partial charge in [0.15, 0.2) is 0 Å². The SMILES string of the molecule is NCC(C(=O)N1CCNCC1)c1ccncc1. The second-order valence-corrected chi connectivity index (χ2v) is 4.14. The Labute approximate surface area is 101 Å². The van der Waals surface area contributed by atoms with Crippen molar-refractivity contribution in [3.63, 3.8) is 0 Å². The normalized spacial score (nSPS) is 17.8. The van der Waals surface area contributed by atoms with Gasteiger partial charge >= 0.3 is 0 Å². The van der Waals surface area contributed by atoms with Gasteiger partial charge in [-0.2, -0.15) is 0 Å². The number of nitrogens with two attached hydrogens (primary N) is 1. The second kappa shape index (κ2) is 5.75. The zero-order chi connectivity index (χ0) is 12.1. The average Bonchev–Trinajstić information content (AvgIpc) is 2.42. The summed E-state index contributed by atoms with van der Waals surface area (Å²) in [5.74, 6) is -0.115. The molecule has 1 aromatic rings. The number of nitrogens with one attached hydrogen (secondary N) is 1. The van der Waals surface area contributed by atoms with E-state index in [0.717, 1.165) is 31.7 Å². The van der Waals surface area contributed by atoms with Crippen LogP contribution in [0.4, 0.5) is 0 Å². The van der Waals surface area contributed by atoms with E-state index in [1.54, 1.807) is 12.4 Å². The first kappa shape index (κ1) is 12.0. The van der Waals surface area contributed by atoms with Crippen molar-refractivity contribution in [2.75, 3.05) is 32.7 Å². The summed E-state index contributed by atoms with van der Waals surface area (Å²) in [6.07, 6.45) is 3.39. The van der Waals surface area contributed by atoms with Crippen molar-refractivity contribution < 1.29 is 4.79 Å². The number of rotatable bonds is 3. The molecule has 0 bridgehead atoms. The fourth-order valence-electron chi connectivity index (χ4n) is 2.08. The zero-order valence-electron chi connectivity index (χ0n) is 9.80. The van der Waals surface area contributed by atoms with E-state index in [2.05, 4.69) is 10.3 Å². The molecule has 1 aromatic heterocycles. The van der Waals surface area contributed by atoms with Crippen LogP contribution in [0.15, 0.2) is 24.5 Å². The van der Waals surface area contributed by atoms with Gasteiger partial charge in [0.05, 0.1) is 5.92 Å². The van der Waals surface area contributed by atoms with Crippen molar-refractivity contribution >= 4 is 5.91 Å². The summed E-state index contributed by atoms with van der Waals surface area (Å²) < 4.78 is 0. The van der Waals surface area contributed by atoms with Crippen LogP contribution < -0.4 is 11.1 Å². The predicted molar refractivity (Wildman–Crippen MR) is 65.5 cm³/mol. The topological polar surface area (TPSA) is 71.2 Å². The van der Waals surface area contributed by atoms with E-state index in [1.807, 2.05) is 17.0 Å². The highest BCUT2D eigenvalue weighted by molar-refractivity contribution is 5.84. The van der Waals surface area contributed by atoms with Crippen molar-refractivity contribution in [2.45, 2.75) is 5.92 Å². The lowest BCUT2D eigenvalue weighted by Gasteiger charge is -2.30. The van der Waals surface area contributed by atoms with Crippen LogP contribution in [0.3, 0.4) is 0 Å². The lowest BCUT2D eigenvalue weighted by molar-refractivity contribution is -0.133. The Bertz CT molecular complexity index is 362. The molecule has 5 nitrogen and oxygen atoms in total. The molecule has 0 spiro atoms. The molecule has 2 heterocycles. The molecule has 1 unspecified atom stereocenters. The molecular formula is C12H18N4O. The molecule has 5 heteroatoms. The Morgan fingerprint density at radius 1 is 1.41 bits per heavy atom. The van der Waals surface area contributed by atoms with Crippen LogP contribution in [-0.2, 0) is 4.79 Å². The molecule has 1 amide bonds. The van der Waals surface area contributed by atoms with Crippen molar-refractivity contribution in [2.24, 2.45) is 5.73 Å². The number of hydrogen-bond donors (Lipinski definition) is 2. The van der Waals surface area contributed by atoms with Gasteiger partial charge in [-0.05, 0) is 17.7 Å². The molecule has 0 saturated carbocycles. The number of carbonyl (C=O) groups excluding carboxylic acids is 1. The number of carbonyl (C=O) groups is 1. The van der Waals surface area contributed by atoms with Gasteiger partial charge in [-0.1, -0.05) is 0 Å². The maximum Gasteiger partial charge on any atom is 0.231 e. The Morgan fingerprint density at radius 2 is 2.06 bits per heavy atom. The van der Waals surface area contributed by atoms with E-state index >= 15 is 0 Å². The highest BCUT2D eigenvalue weighted by Crippen LogP contribution is 2.16. The highest BCUT2D eigenvalue weighted by Gasteiger charge is 2.25. The summed E-state index contributed by atoms with van der Waals surface area (Å²) in [6.45, 7) is 3.59. The third-order valence-electron chi connectivity index (χ3n) is 3.07. The number of nitrogens with zero attached hydrogens (tertiary/aromatic N) is 2. The van der Waals surface area contributed by atoms with E-state index < -0.39 is 0 Å². The Morgan fingerprint density at radius 3 is 2.65 bits per heavy atom. The van der Waals surface area contributed by atoms with Crippen LogP contribution in [0.5, 0.6) is 0 Å². The van der Waals surface area contributed by atoms with Crippen LogP contribution >= 0.6 is 0 Å². The first-order chi connectivity index (χ1) is 8.33. The smallest absolute Gasteiger partial charge is 0.231 e. The third-order valence-corrected chi connectivity index (χ3v) is 3.07. The van der Waals surface area contributed by atoms with Crippen LogP contribution in [0.25, 0.3) is 0 Å². The van der Waals surface area contributed by atoms with Gasteiger partial charge in [-0.15, -0.1) is 0 Å². The molecule has 2 rings (SSSR count). The van der Waals surface area contributed by atoms with Crippen LogP contribution in [0, 0.1) is 0 Å². The summed E-state index contributed by atoms with van der Waals surface area (Å²) in [5.41, 5.74) is 6.68. The first-order valence-electron chi connectivity index (χ1n) is 5.92. The van der Waals surface area contributed by atoms with Gasteiger partial charge in [-0.3, -0.25) is 9.78 Å². The molecule has 1 fully saturated rings. The van der Waals surface area contributed by atoms with Gasteiger partial charge < -0.3 is 16.0 Å². The minimum Gasteiger partial charge on any atom is -0.340 e. The molecule has 0 radical (unpaired) electrons. The summed E-state index contributed by atoms with van der Waals surface area (Å²) in [6, 6.07) is 3.72. The molecule has 3 N–H and O–H groups in total. The van der Waals surface area contributed by atoms with Crippen LogP contribution in [-0.4, -0.2) is 48.5 Å². The maximum absolute atomic E-state index is 12.3. The Balaban J connectivity index is 2.10. The van der Waals surface area contributed by atoms with Gasteiger partial charge in [0.1, 0.15) is 0 Å². The highest BCUT2D eigenvalue weighted by atomic mass is 16.2. The fourth-order valence-corrected chi connectivity index (χ4v) is 2.08. The summed E-state index contributed by atoms with van der Waals surface area (Å²) >= 11 is 0. The number of pyridine rings is 1. The second-order valence-electron chi connectivity index (χ2n) is 4.14. The van der Waals surface area contributed by atoms with Gasteiger partial charge in [0.25, 0.3) is 0 Å². The lowest BCUT2D eigenvalue weighted by Crippen LogP contribution is -2.48. The van der Waals surface area contributed by atoms with Gasteiger partial charge in [-0.25, -0.2) is 0 Å². The lowest BCUT2D eigenvalue weighted by atomic mass is 9.98. The van der Waals surface area contributed by atoms with E-state index in [0.29, 0.717) is 6.54 Å². The van der Waals surface area contributed by atoms with Crippen molar-refractivity contribution in [1.29, 1.82) is 0 Å². The average molecular weight is 234 g/mol. The monoisotopic (exact) mass is 234 g/mol. The molecule has 1 aliphatic rings. The van der Waals surface area contributed by atoms with E-state index in [-0.39, 0.29) is 11.8 Å². The molecular weight excluding hydrogens is 216 g/mol. The maximum atomic E-state index is 12.3. The Kier molecular flexibility index (Phi) is 4.06. The minimum absolute atomic E-state index is 0.125. The van der Waals surface area contributed by atoms with Crippen molar-refractivity contribution in [1.82, 2.24) is 15.2 Å². The predicted octanol–water partition coefficient (Wildman–Crippen LogP) is -0.444. The van der Waals surface area contributed by atoms with E-state index in [1.165, 1.54) is 0 Å². The minimum atomic E-state index is -0.240. The molecule has 0 aliphatic carbocycles. The van der Waals surface area contributed by atoms with E-state index in [9.17, 15) is 4.79 Å². The van der Waals surface area contributed by atoms with Crippen LogP contribution in [0.2, 0.25) is 0 Å². The molecule has 1 saturated heterocycles. The number of piperazine rings is 1. The summed E-state index contributed by atoms with van der Waals surface area (Å²) in [5, 5.41) is 3.23. The van der Waals surface area contributed by atoms with Crippen molar-refractivity contribution in [3.8, 4) is 0 Å². The first-order valence-corrected chi connectivity index (χ1v) is 5.92. The largest absolute Gasteiger partial charge is 0.340 e. The summed E-state index contributed by atoms with van der Waals surface area (Å²) in [4.78, 5) is 18.2. The third kappa shape index (κ3) is 2.81. The molecule has 1 atom stereocenters. The van der Waals surface area contributed by atoms with Gasteiger partial charge in [0.2, 0.25) is 5.91 Å². The standard InChI is InChI=1S/C12H18N4O/c13-9-11(10-1-3-14-4-2-10)12(17)16-7-5-15-6-8-16/h1-4,11,15H,5-9,13H2. The molecule has 0 aromatic carbocycles. The molecule has 17 heavy (non-hydrogen) atoms. The van der Waals surface area contributed by atoms with Gasteiger partial charge in [0, 0.05) is 45.1 Å². The molecule has 92 valence electrons. The number of amides is 1. The summed E-state index contributed by atoms with van der Waals surface area (Å²) in [7, 11) is 0. The fraction of sp³-hybridized carbons (Fsp3) is 0.500. The molecule has 1 aliphatic heterocycles. The quantitative estimate of drug-likeness (QED) is 0.743. The number of hydrogen-bond acceptors (Lipinski definition) is 4. The van der Waals surface area contributed by atoms with E-state index in [4.69, 9.17) is 5.73 Å². The number of aromatic nitrogens is 1. The van der Waals surface area contributed by atoms with Crippen molar-refractivity contribution in [3.05, 3.63) is 30.1 Å². The zero-order valence-corrected chi connectivity index (χ0v) is 9.80. The van der Waals surface area contributed by atoms with Crippen LogP contribution in [0.1, 0.15) is 11.5 Å². The Hall–Kier alpha value is -1.46.